The van der Waals surface area contributed by atoms with Crippen molar-refractivity contribution in [2.24, 2.45) is 0 Å². The first-order valence-electron chi connectivity index (χ1n) is 8.32. The number of aryl methyl sites for hydroxylation is 1. The minimum Gasteiger partial charge on any atom is -0.340 e. The number of rotatable bonds is 7. The first-order chi connectivity index (χ1) is 12.3. The highest BCUT2D eigenvalue weighted by molar-refractivity contribution is 8.01. The third-order valence-electron chi connectivity index (χ3n) is 3.83. The van der Waals surface area contributed by atoms with Crippen molar-refractivity contribution in [3.05, 3.63) is 65.5 Å². The maximum atomic E-state index is 13.2. The van der Waals surface area contributed by atoms with Gasteiger partial charge in [-0.15, -0.1) is 11.8 Å². The highest BCUT2D eigenvalue weighted by Crippen LogP contribution is 2.16. The van der Waals surface area contributed by atoms with Crippen LogP contribution in [0, 0.1) is 12.7 Å². The second-order valence-corrected chi connectivity index (χ2v) is 7.52. The largest absolute Gasteiger partial charge is 0.340 e. The molecule has 2 rings (SSSR count). The van der Waals surface area contributed by atoms with E-state index in [0.717, 1.165) is 16.8 Å². The molecule has 0 aromatic heterocycles. The van der Waals surface area contributed by atoms with Gasteiger partial charge in [0.05, 0.1) is 11.0 Å². The Hall–Kier alpha value is -2.34. The van der Waals surface area contributed by atoms with E-state index in [0.29, 0.717) is 6.54 Å². The zero-order valence-electron chi connectivity index (χ0n) is 15.2. The lowest BCUT2D eigenvalue weighted by molar-refractivity contribution is -0.129. The summed E-state index contributed by atoms with van der Waals surface area (Å²) in [6.45, 7) is 4.08. The van der Waals surface area contributed by atoms with Crippen molar-refractivity contribution < 1.29 is 14.0 Å². The summed E-state index contributed by atoms with van der Waals surface area (Å²) in [6.07, 6.45) is 0. The van der Waals surface area contributed by atoms with E-state index in [1.807, 2.05) is 31.2 Å². The van der Waals surface area contributed by atoms with Gasteiger partial charge in [0.2, 0.25) is 11.8 Å². The Kier molecular flexibility index (Phi) is 7.21. The fourth-order valence-corrected chi connectivity index (χ4v) is 3.20. The van der Waals surface area contributed by atoms with E-state index in [9.17, 15) is 14.0 Å². The molecule has 0 aliphatic rings. The summed E-state index contributed by atoms with van der Waals surface area (Å²) in [6, 6.07) is 13.7. The summed E-state index contributed by atoms with van der Waals surface area (Å²) in [5.41, 5.74) is 2.59. The lowest BCUT2D eigenvalue weighted by Crippen LogP contribution is -2.33. The van der Waals surface area contributed by atoms with Gasteiger partial charge in [-0.05, 0) is 43.7 Å². The van der Waals surface area contributed by atoms with Crippen LogP contribution in [0.4, 0.5) is 10.1 Å². The van der Waals surface area contributed by atoms with Crippen molar-refractivity contribution in [3.63, 3.8) is 0 Å². The van der Waals surface area contributed by atoms with Crippen LogP contribution < -0.4 is 5.32 Å². The molecule has 0 radical (unpaired) electrons. The van der Waals surface area contributed by atoms with Gasteiger partial charge in [0, 0.05) is 19.3 Å². The van der Waals surface area contributed by atoms with Crippen LogP contribution in [-0.2, 0) is 16.1 Å². The van der Waals surface area contributed by atoms with Crippen LogP contribution >= 0.6 is 11.8 Å². The molecule has 26 heavy (non-hydrogen) atoms. The maximum Gasteiger partial charge on any atom is 0.235 e. The minimum atomic E-state index is -0.364. The zero-order chi connectivity index (χ0) is 19.1. The van der Waals surface area contributed by atoms with Crippen molar-refractivity contribution in [1.29, 1.82) is 0 Å². The van der Waals surface area contributed by atoms with Gasteiger partial charge in [0.25, 0.3) is 0 Å². The summed E-state index contributed by atoms with van der Waals surface area (Å²) < 4.78 is 13.2. The first kappa shape index (κ1) is 20.0. The quantitative estimate of drug-likeness (QED) is 0.801. The van der Waals surface area contributed by atoms with E-state index < -0.39 is 0 Å². The topological polar surface area (TPSA) is 49.4 Å². The Morgan fingerprint density at radius 2 is 1.88 bits per heavy atom. The molecule has 0 aliphatic carbocycles. The Morgan fingerprint density at radius 1 is 1.19 bits per heavy atom. The second-order valence-electron chi connectivity index (χ2n) is 6.19. The van der Waals surface area contributed by atoms with E-state index >= 15 is 0 Å². The summed E-state index contributed by atoms with van der Waals surface area (Å²) in [5, 5.41) is 2.45. The highest BCUT2D eigenvalue weighted by atomic mass is 32.2. The molecule has 2 aromatic rings. The molecule has 0 aliphatic heterocycles. The fourth-order valence-electron chi connectivity index (χ4n) is 2.40. The van der Waals surface area contributed by atoms with Gasteiger partial charge in [0.15, 0.2) is 0 Å². The third kappa shape index (κ3) is 6.19. The monoisotopic (exact) mass is 374 g/mol. The number of nitrogens with one attached hydrogen (secondary N) is 1. The van der Waals surface area contributed by atoms with Crippen LogP contribution in [0.3, 0.4) is 0 Å². The number of amides is 2. The summed E-state index contributed by atoms with van der Waals surface area (Å²) in [5.74, 6) is -0.374. The molecule has 1 atom stereocenters. The van der Waals surface area contributed by atoms with Gasteiger partial charge >= 0.3 is 0 Å². The zero-order valence-corrected chi connectivity index (χ0v) is 16.0. The van der Waals surface area contributed by atoms with Crippen LogP contribution in [0.15, 0.2) is 48.5 Å². The van der Waals surface area contributed by atoms with E-state index in [1.165, 1.54) is 23.9 Å². The number of hydrogen-bond donors (Lipinski definition) is 1. The lowest BCUT2D eigenvalue weighted by Gasteiger charge is -2.21. The third-order valence-corrected chi connectivity index (χ3v) is 4.96. The summed E-state index contributed by atoms with van der Waals surface area (Å²) in [4.78, 5) is 26.0. The predicted octanol–water partition coefficient (Wildman–Crippen LogP) is 3.85. The number of carbonyl (C=O) groups is 2. The van der Waals surface area contributed by atoms with Crippen LogP contribution in [0.2, 0.25) is 0 Å². The van der Waals surface area contributed by atoms with E-state index in [2.05, 4.69) is 5.32 Å². The van der Waals surface area contributed by atoms with Gasteiger partial charge in [-0.3, -0.25) is 9.59 Å². The molecule has 2 aromatic carbocycles. The maximum absolute atomic E-state index is 13.2. The Morgan fingerprint density at radius 3 is 2.54 bits per heavy atom. The van der Waals surface area contributed by atoms with Crippen LogP contribution in [-0.4, -0.2) is 34.8 Å². The fraction of sp³-hybridized carbons (Fsp3) is 0.300. The molecule has 1 N–H and O–H groups in total. The highest BCUT2D eigenvalue weighted by Gasteiger charge is 2.19. The van der Waals surface area contributed by atoms with Crippen LogP contribution in [0.5, 0.6) is 0 Å². The molecule has 0 spiro atoms. The standard InChI is InChI=1S/C20H23FN2O2S/c1-14-7-9-18(10-8-14)22-19(24)13-26-15(2)20(25)23(3)12-16-5-4-6-17(21)11-16/h4-11,15H,12-13H2,1-3H3,(H,22,24). The van der Waals surface area contributed by atoms with Crippen molar-refractivity contribution in [2.75, 3.05) is 18.1 Å². The number of benzene rings is 2. The molecule has 4 nitrogen and oxygen atoms in total. The van der Waals surface area contributed by atoms with Gasteiger partial charge in [-0.25, -0.2) is 4.39 Å². The van der Waals surface area contributed by atoms with Gasteiger partial charge in [0.1, 0.15) is 5.82 Å². The molecular weight excluding hydrogens is 351 g/mol. The Labute approximate surface area is 157 Å². The Balaban J connectivity index is 1.80. The second kappa shape index (κ2) is 9.38. The summed E-state index contributed by atoms with van der Waals surface area (Å²) in [7, 11) is 1.68. The SMILES string of the molecule is Cc1ccc(NC(=O)CSC(C)C(=O)N(C)Cc2cccc(F)c2)cc1. The van der Waals surface area contributed by atoms with Gasteiger partial charge in [-0.2, -0.15) is 0 Å². The number of nitrogens with zero attached hydrogens (tertiary/aromatic N) is 1. The molecule has 6 heteroatoms. The van der Waals surface area contributed by atoms with Gasteiger partial charge < -0.3 is 10.2 Å². The Bertz CT molecular complexity index is 765. The molecule has 138 valence electrons. The molecular formula is C20H23FN2O2S. The minimum absolute atomic E-state index is 0.0950. The smallest absolute Gasteiger partial charge is 0.235 e. The van der Waals surface area contributed by atoms with E-state index in [-0.39, 0.29) is 28.6 Å². The predicted molar refractivity (Wildman–Crippen MR) is 105 cm³/mol. The lowest BCUT2D eigenvalue weighted by atomic mass is 10.2. The van der Waals surface area contributed by atoms with Crippen molar-refractivity contribution in [1.82, 2.24) is 4.90 Å². The molecule has 0 saturated heterocycles. The van der Waals surface area contributed by atoms with Crippen molar-refractivity contribution in [3.8, 4) is 0 Å². The molecule has 1 unspecified atom stereocenters. The van der Waals surface area contributed by atoms with Crippen LogP contribution in [0.25, 0.3) is 0 Å². The normalized spacial score (nSPS) is 11.7. The van der Waals surface area contributed by atoms with Crippen LogP contribution in [0.1, 0.15) is 18.1 Å². The average Bonchev–Trinajstić information content (AvgIpc) is 2.61. The van der Waals surface area contributed by atoms with Gasteiger partial charge in [-0.1, -0.05) is 29.8 Å². The molecule has 0 fully saturated rings. The molecule has 0 bridgehead atoms. The number of thioether (sulfide) groups is 1. The number of halogens is 1. The van der Waals surface area contributed by atoms with E-state index in [4.69, 9.17) is 0 Å². The molecule has 2 amide bonds. The van der Waals surface area contributed by atoms with Crippen molar-refractivity contribution >= 4 is 29.3 Å². The van der Waals surface area contributed by atoms with Crippen molar-refractivity contribution in [2.45, 2.75) is 25.6 Å². The number of anilines is 1. The molecule has 0 heterocycles. The van der Waals surface area contributed by atoms with E-state index in [1.54, 1.807) is 31.0 Å². The number of hydrogen-bond acceptors (Lipinski definition) is 3. The number of carbonyl (C=O) groups excluding carboxylic acids is 2. The average molecular weight is 374 g/mol. The summed E-state index contributed by atoms with van der Waals surface area (Å²) >= 11 is 1.28. The first-order valence-corrected chi connectivity index (χ1v) is 9.37. The molecule has 0 saturated carbocycles.